The van der Waals surface area contributed by atoms with Gasteiger partial charge < -0.3 is 14.7 Å². The molecule has 3 aromatic rings. The van der Waals surface area contributed by atoms with Crippen molar-refractivity contribution >= 4 is 40.4 Å². The lowest BCUT2D eigenvalue weighted by molar-refractivity contribution is 1.12. The van der Waals surface area contributed by atoms with Crippen LogP contribution in [0.3, 0.4) is 0 Å². The van der Waals surface area contributed by atoms with Gasteiger partial charge in [-0.2, -0.15) is 0 Å². The van der Waals surface area contributed by atoms with Gasteiger partial charge in [-0.3, -0.25) is 0 Å². The highest BCUT2D eigenvalue weighted by atomic mass is 35.5. The lowest BCUT2D eigenvalue weighted by Gasteiger charge is -2.16. The van der Waals surface area contributed by atoms with E-state index in [2.05, 4.69) is 130 Å². The SMILES string of the molecule is CN(C)c1ccc([S+](c2ccc(N(C)C)cc2)c2ccc(N(C)C)cc2)cc1.Cl. The topological polar surface area (TPSA) is 9.72 Å². The van der Waals surface area contributed by atoms with Gasteiger partial charge in [0.25, 0.3) is 0 Å². The summed E-state index contributed by atoms with van der Waals surface area (Å²) in [5.74, 6) is 0. The molecule has 0 amide bonds. The molecule has 0 aromatic heterocycles. The lowest BCUT2D eigenvalue weighted by atomic mass is 10.3. The average Bonchev–Trinajstić information content (AvgIpc) is 2.69. The van der Waals surface area contributed by atoms with Crippen LogP contribution in [-0.2, 0) is 10.9 Å². The molecule has 0 unspecified atom stereocenters. The monoisotopic (exact) mass is 428 g/mol. The first-order chi connectivity index (χ1) is 13.4. The number of nitrogens with zero attached hydrogens (tertiary/aromatic N) is 3. The minimum atomic E-state index is -0.135. The fraction of sp³-hybridized carbons (Fsp3) is 0.250. The molecule has 3 rings (SSSR count). The summed E-state index contributed by atoms with van der Waals surface area (Å²) in [7, 11) is 12.3. The maximum Gasteiger partial charge on any atom is 0.166 e. The van der Waals surface area contributed by atoms with Crippen LogP contribution in [-0.4, -0.2) is 42.3 Å². The van der Waals surface area contributed by atoms with Crippen molar-refractivity contribution in [3.63, 3.8) is 0 Å². The van der Waals surface area contributed by atoms with E-state index in [4.69, 9.17) is 0 Å². The summed E-state index contributed by atoms with van der Waals surface area (Å²) in [6, 6.07) is 26.8. The highest BCUT2D eigenvalue weighted by Gasteiger charge is 2.28. The Kier molecular flexibility index (Phi) is 7.88. The third-order valence-corrected chi connectivity index (χ3v) is 7.00. The van der Waals surface area contributed by atoms with Gasteiger partial charge in [0.1, 0.15) is 0 Å². The standard InChI is InChI=1S/C24H30N3S.ClH/c1-25(2)19-7-13-22(14-8-19)28(23-15-9-20(10-16-23)26(3)4)24-17-11-21(12-18-24)27(5)6;/h7-18H,1-6H3;1H/q+1;. The molecule has 0 atom stereocenters. The van der Waals surface area contributed by atoms with Crippen LogP contribution in [0.15, 0.2) is 87.5 Å². The van der Waals surface area contributed by atoms with Crippen molar-refractivity contribution in [2.45, 2.75) is 14.7 Å². The van der Waals surface area contributed by atoms with Gasteiger partial charge in [-0.25, -0.2) is 0 Å². The first-order valence-electron chi connectivity index (χ1n) is 9.43. The zero-order chi connectivity index (χ0) is 20.3. The summed E-state index contributed by atoms with van der Waals surface area (Å²) in [4.78, 5) is 10.4. The van der Waals surface area contributed by atoms with Crippen molar-refractivity contribution < 1.29 is 0 Å². The van der Waals surface area contributed by atoms with Gasteiger partial charge in [0.15, 0.2) is 14.7 Å². The molecule has 0 heterocycles. The Balaban J connectivity index is 0.00000300. The van der Waals surface area contributed by atoms with Crippen molar-refractivity contribution in [2.75, 3.05) is 57.0 Å². The van der Waals surface area contributed by atoms with Crippen LogP contribution in [0.2, 0.25) is 0 Å². The maximum atomic E-state index is 2.26. The highest BCUT2D eigenvalue weighted by Crippen LogP contribution is 2.33. The van der Waals surface area contributed by atoms with E-state index in [0.717, 1.165) is 0 Å². The largest absolute Gasteiger partial charge is 0.378 e. The van der Waals surface area contributed by atoms with Gasteiger partial charge in [-0.05, 0) is 72.8 Å². The molecular formula is C24H31ClN3S+. The lowest BCUT2D eigenvalue weighted by Crippen LogP contribution is -2.11. The van der Waals surface area contributed by atoms with Gasteiger partial charge in [-0.15, -0.1) is 12.4 Å². The molecule has 0 aliphatic rings. The van der Waals surface area contributed by atoms with E-state index in [0.29, 0.717) is 0 Å². The Morgan fingerprint density at radius 1 is 0.414 bits per heavy atom. The van der Waals surface area contributed by atoms with E-state index in [1.807, 2.05) is 0 Å². The summed E-state index contributed by atoms with van der Waals surface area (Å²) < 4.78 is 0. The molecule has 154 valence electrons. The summed E-state index contributed by atoms with van der Waals surface area (Å²) in [5, 5.41) is 0. The first-order valence-corrected chi connectivity index (χ1v) is 10.7. The smallest absolute Gasteiger partial charge is 0.166 e. The number of hydrogen-bond donors (Lipinski definition) is 0. The predicted molar refractivity (Wildman–Crippen MR) is 132 cm³/mol. The fourth-order valence-corrected chi connectivity index (χ4v) is 5.09. The van der Waals surface area contributed by atoms with Crippen molar-refractivity contribution in [3.05, 3.63) is 72.8 Å². The Morgan fingerprint density at radius 3 is 0.793 bits per heavy atom. The minimum Gasteiger partial charge on any atom is -0.378 e. The van der Waals surface area contributed by atoms with Crippen LogP contribution in [0.5, 0.6) is 0 Å². The Morgan fingerprint density at radius 2 is 0.621 bits per heavy atom. The molecule has 0 N–H and O–H groups in total. The summed E-state index contributed by atoms with van der Waals surface area (Å²) >= 11 is 0. The second-order valence-electron chi connectivity index (χ2n) is 7.47. The maximum absolute atomic E-state index is 2.26. The molecule has 0 radical (unpaired) electrons. The van der Waals surface area contributed by atoms with Crippen LogP contribution in [0, 0.1) is 0 Å². The zero-order valence-corrected chi connectivity index (χ0v) is 19.7. The van der Waals surface area contributed by atoms with Crippen LogP contribution in [0.1, 0.15) is 0 Å². The van der Waals surface area contributed by atoms with E-state index < -0.39 is 0 Å². The number of anilines is 3. The van der Waals surface area contributed by atoms with E-state index >= 15 is 0 Å². The Bertz CT molecular complexity index is 766. The Labute approximate surface area is 184 Å². The molecule has 0 saturated carbocycles. The van der Waals surface area contributed by atoms with Gasteiger partial charge in [0.05, 0.1) is 10.9 Å². The van der Waals surface area contributed by atoms with Gasteiger partial charge in [0, 0.05) is 59.3 Å². The van der Waals surface area contributed by atoms with Gasteiger partial charge in [-0.1, -0.05) is 0 Å². The molecule has 5 heteroatoms. The summed E-state index contributed by atoms with van der Waals surface area (Å²) in [5.41, 5.74) is 3.66. The van der Waals surface area contributed by atoms with Gasteiger partial charge in [0.2, 0.25) is 0 Å². The molecule has 0 saturated heterocycles. The molecular weight excluding hydrogens is 398 g/mol. The molecule has 3 nitrogen and oxygen atoms in total. The molecule has 0 bridgehead atoms. The highest BCUT2D eigenvalue weighted by molar-refractivity contribution is 7.97. The van der Waals surface area contributed by atoms with E-state index in [9.17, 15) is 0 Å². The van der Waals surface area contributed by atoms with Crippen molar-refractivity contribution in [1.82, 2.24) is 0 Å². The normalized spacial score (nSPS) is 10.4. The molecule has 0 aliphatic carbocycles. The number of benzene rings is 3. The van der Waals surface area contributed by atoms with E-state index in [1.165, 1.54) is 31.7 Å². The van der Waals surface area contributed by atoms with Crippen LogP contribution in [0.4, 0.5) is 17.1 Å². The van der Waals surface area contributed by atoms with Crippen LogP contribution in [0.25, 0.3) is 0 Å². The number of rotatable bonds is 6. The van der Waals surface area contributed by atoms with E-state index in [-0.39, 0.29) is 23.3 Å². The zero-order valence-electron chi connectivity index (χ0n) is 18.1. The predicted octanol–water partition coefficient (Wildman–Crippen LogP) is 5.40. The van der Waals surface area contributed by atoms with Crippen molar-refractivity contribution in [2.24, 2.45) is 0 Å². The van der Waals surface area contributed by atoms with Crippen molar-refractivity contribution in [1.29, 1.82) is 0 Å². The first kappa shape index (κ1) is 23.0. The second kappa shape index (κ2) is 9.95. The third kappa shape index (κ3) is 5.40. The fourth-order valence-electron chi connectivity index (χ4n) is 3.05. The summed E-state index contributed by atoms with van der Waals surface area (Å²) in [6.07, 6.45) is 0. The average molecular weight is 429 g/mol. The third-order valence-electron chi connectivity index (χ3n) is 4.77. The molecule has 0 fully saturated rings. The second-order valence-corrected chi connectivity index (χ2v) is 9.50. The quantitative estimate of drug-likeness (QED) is 0.486. The number of halogens is 1. The Hall–Kier alpha value is -2.30. The number of hydrogen-bond acceptors (Lipinski definition) is 3. The van der Waals surface area contributed by atoms with Crippen molar-refractivity contribution in [3.8, 4) is 0 Å². The summed E-state index contributed by atoms with van der Waals surface area (Å²) in [6.45, 7) is 0. The van der Waals surface area contributed by atoms with Crippen LogP contribution >= 0.6 is 12.4 Å². The molecule has 0 aliphatic heterocycles. The molecule has 3 aromatic carbocycles. The van der Waals surface area contributed by atoms with E-state index in [1.54, 1.807) is 0 Å². The molecule has 0 spiro atoms. The van der Waals surface area contributed by atoms with Crippen LogP contribution < -0.4 is 14.7 Å². The van der Waals surface area contributed by atoms with Gasteiger partial charge >= 0.3 is 0 Å². The molecule has 29 heavy (non-hydrogen) atoms. The minimum absolute atomic E-state index is 0.